The molecule has 3 aromatic carbocycles. The monoisotopic (exact) mass is 456 g/mol. The number of aromatic nitrogens is 3. The van der Waals surface area contributed by atoms with Crippen molar-refractivity contribution in [1.29, 1.82) is 0 Å². The molecule has 4 rings (SSSR count). The molecule has 0 aliphatic carbocycles. The molecule has 0 N–H and O–H groups in total. The minimum absolute atomic E-state index is 0.0959. The van der Waals surface area contributed by atoms with E-state index in [-0.39, 0.29) is 11.2 Å². The fourth-order valence-corrected chi connectivity index (χ4v) is 4.69. The van der Waals surface area contributed by atoms with E-state index in [4.69, 9.17) is 0 Å². The van der Waals surface area contributed by atoms with Gasteiger partial charge >= 0.3 is 0 Å². The minimum atomic E-state index is -0.287. The van der Waals surface area contributed by atoms with Gasteiger partial charge in [0.25, 0.3) is 0 Å². The van der Waals surface area contributed by atoms with Gasteiger partial charge < -0.3 is 4.90 Å². The summed E-state index contributed by atoms with van der Waals surface area (Å²) in [7, 11) is 0. The largest absolute Gasteiger partial charge is 0.338 e. The Kier molecular flexibility index (Phi) is 7.58. The van der Waals surface area contributed by atoms with E-state index >= 15 is 0 Å². The third-order valence-corrected chi connectivity index (χ3v) is 6.49. The van der Waals surface area contributed by atoms with E-state index in [9.17, 15) is 4.79 Å². The molecule has 1 amide bonds. The summed E-state index contributed by atoms with van der Waals surface area (Å²) in [6, 6.07) is 30.4. The van der Waals surface area contributed by atoms with Gasteiger partial charge in [-0.2, -0.15) is 0 Å². The van der Waals surface area contributed by atoms with Crippen LogP contribution in [0.3, 0.4) is 0 Å². The maximum absolute atomic E-state index is 13.3. The standard InChI is InChI=1S/C27H28N4OS/c1-3-30(20-23-15-9-5-10-16-23)26(32)21(2)33-27-29-28-25(19-22-13-7-4-8-14-22)31(27)24-17-11-6-12-18-24/h4-18,21H,3,19-20H2,1-2H3. The van der Waals surface area contributed by atoms with Gasteiger partial charge in [0, 0.05) is 25.2 Å². The van der Waals surface area contributed by atoms with E-state index in [1.165, 1.54) is 17.3 Å². The molecular formula is C27H28N4OS. The van der Waals surface area contributed by atoms with Crippen molar-refractivity contribution in [2.75, 3.05) is 6.54 Å². The first-order valence-electron chi connectivity index (χ1n) is 11.2. The summed E-state index contributed by atoms with van der Waals surface area (Å²) in [4.78, 5) is 15.2. The van der Waals surface area contributed by atoms with E-state index in [0.717, 1.165) is 22.2 Å². The van der Waals surface area contributed by atoms with Crippen LogP contribution in [0.1, 0.15) is 30.8 Å². The Morgan fingerprint density at radius 1 is 0.879 bits per heavy atom. The number of carbonyl (C=O) groups is 1. The molecule has 6 heteroatoms. The lowest BCUT2D eigenvalue weighted by molar-refractivity contribution is -0.130. The molecule has 0 radical (unpaired) electrons. The smallest absolute Gasteiger partial charge is 0.236 e. The summed E-state index contributed by atoms with van der Waals surface area (Å²) < 4.78 is 2.06. The van der Waals surface area contributed by atoms with E-state index in [1.54, 1.807) is 0 Å². The Hall–Kier alpha value is -3.38. The van der Waals surface area contributed by atoms with Gasteiger partial charge in [-0.1, -0.05) is 90.6 Å². The van der Waals surface area contributed by atoms with Gasteiger partial charge in [-0.05, 0) is 37.1 Å². The van der Waals surface area contributed by atoms with Gasteiger partial charge in [-0.25, -0.2) is 0 Å². The van der Waals surface area contributed by atoms with Crippen molar-refractivity contribution in [3.63, 3.8) is 0 Å². The Balaban J connectivity index is 1.57. The number of rotatable bonds is 9. The second-order valence-corrected chi connectivity index (χ2v) is 9.14. The third kappa shape index (κ3) is 5.71. The second kappa shape index (κ2) is 11.0. The highest BCUT2D eigenvalue weighted by Gasteiger charge is 2.24. The molecule has 0 saturated carbocycles. The van der Waals surface area contributed by atoms with Crippen molar-refractivity contribution in [3.8, 4) is 5.69 Å². The average Bonchev–Trinajstić information content (AvgIpc) is 3.25. The van der Waals surface area contributed by atoms with E-state index in [1.807, 2.05) is 85.5 Å². The molecule has 0 saturated heterocycles. The van der Waals surface area contributed by atoms with Gasteiger partial charge in [0.2, 0.25) is 5.91 Å². The summed E-state index contributed by atoms with van der Waals surface area (Å²) in [5.74, 6) is 0.949. The quantitative estimate of drug-likeness (QED) is 0.317. The Bertz CT molecular complexity index is 1160. The number of hydrogen-bond donors (Lipinski definition) is 0. The zero-order valence-corrected chi connectivity index (χ0v) is 19.8. The topological polar surface area (TPSA) is 51.0 Å². The van der Waals surface area contributed by atoms with Crippen LogP contribution >= 0.6 is 11.8 Å². The van der Waals surface area contributed by atoms with Crippen LogP contribution in [0.2, 0.25) is 0 Å². The van der Waals surface area contributed by atoms with Crippen LogP contribution in [0.25, 0.3) is 5.69 Å². The first-order chi connectivity index (χ1) is 16.2. The first kappa shape index (κ1) is 22.8. The summed E-state index contributed by atoms with van der Waals surface area (Å²) >= 11 is 1.46. The molecule has 1 heterocycles. The van der Waals surface area contributed by atoms with Crippen LogP contribution in [0.4, 0.5) is 0 Å². The minimum Gasteiger partial charge on any atom is -0.338 e. The lowest BCUT2D eigenvalue weighted by Crippen LogP contribution is -2.36. The number of para-hydroxylation sites is 1. The van der Waals surface area contributed by atoms with E-state index in [0.29, 0.717) is 19.5 Å². The Morgan fingerprint density at radius 3 is 2.06 bits per heavy atom. The zero-order valence-electron chi connectivity index (χ0n) is 19.0. The van der Waals surface area contributed by atoms with Crippen LogP contribution in [0, 0.1) is 0 Å². The molecule has 0 fully saturated rings. The van der Waals surface area contributed by atoms with Crippen molar-refractivity contribution < 1.29 is 4.79 Å². The summed E-state index contributed by atoms with van der Waals surface area (Å²) in [6.07, 6.45) is 0.667. The van der Waals surface area contributed by atoms with Crippen molar-refractivity contribution in [3.05, 3.63) is 108 Å². The molecule has 0 aliphatic rings. The van der Waals surface area contributed by atoms with Crippen LogP contribution in [0.5, 0.6) is 0 Å². The molecule has 0 bridgehead atoms. The van der Waals surface area contributed by atoms with Gasteiger partial charge in [-0.15, -0.1) is 10.2 Å². The number of amides is 1. The molecule has 5 nitrogen and oxygen atoms in total. The molecule has 1 aromatic heterocycles. The summed E-state index contributed by atoms with van der Waals surface area (Å²) in [6.45, 7) is 5.22. The molecule has 0 spiro atoms. The van der Waals surface area contributed by atoms with Crippen LogP contribution in [0.15, 0.2) is 96.2 Å². The predicted molar refractivity (Wildman–Crippen MR) is 133 cm³/mol. The second-order valence-electron chi connectivity index (χ2n) is 7.83. The number of thioether (sulfide) groups is 1. The molecule has 1 atom stereocenters. The van der Waals surface area contributed by atoms with Crippen molar-refractivity contribution >= 4 is 17.7 Å². The molecule has 168 valence electrons. The molecule has 4 aromatic rings. The van der Waals surface area contributed by atoms with Gasteiger partial charge in [0.15, 0.2) is 5.16 Å². The predicted octanol–water partition coefficient (Wildman–Crippen LogP) is 5.39. The fraction of sp³-hybridized carbons (Fsp3) is 0.222. The van der Waals surface area contributed by atoms with Crippen molar-refractivity contribution in [2.24, 2.45) is 0 Å². The maximum atomic E-state index is 13.3. The lowest BCUT2D eigenvalue weighted by Gasteiger charge is -2.24. The first-order valence-corrected chi connectivity index (χ1v) is 12.1. The van der Waals surface area contributed by atoms with Crippen molar-refractivity contribution in [1.82, 2.24) is 19.7 Å². The molecule has 33 heavy (non-hydrogen) atoms. The summed E-state index contributed by atoms with van der Waals surface area (Å²) in [5, 5.41) is 9.42. The normalized spacial score (nSPS) is 11.8. The highest BCUT2D eigenvalue weighted by Crippen LogP contribution is 2.28. The average molecular weight is 457 g/mol. The van der Waals surface area contributed by atoms with Crippen LogP contribution < -0.4 is 0 Å². The number of hydrogen-bond acceptors (Lipinski definition) is 4. The number of nitrogens with zero attached hydrogens (tertiary/aromatic N) is 4. The Morgan fingerprint density at radius 2 is 1.45 bits per heavy atom. The fourth-order valence-electron chi connectivity index (χ4n) is 3.72. The van der Waals surface area contributed by atoms with Crippen molar-refractivity contribution in [2.45, 2.75) is 37.2 Å². The van der Waals surface area contributed by atoms with E-state index in [2.05, 4.69) is 39.0 Å². The van der Waals surface area contributed by atoms with Gasteiger partial charge in [-0.3, -0.25) is 9.36 Å². The van der Waals surface area contributed by atoms with Crippen LogP contribution in [-0.4, -0.2) is 37.4 Å². The highest BCUT2D eigenvalue weighted by molar-refractivity contribution is 8.00. The lowest BCUT2D eigenvalue weighted by atomic mass is 10.1. The number of benzene rings is 3. The van der Waals surface area contributed by atoms with Gasteiger partial charge in [0.05, 0.1) is 5.25 Å². The number of carbonyl (C=O) groups excluding carboxylic acids is 1. The molecule has 1 unspecified atom stereocenters. The SMILES string of the molecule is CCN(Cc1ccccc1)C(=O)C(C)Sc1nnc(Cc2ccccc2)n1-c1ccccc1. The third-order valence-electron chi connectivity index (χ3n) is 5.46. The molecular weight excluding hydrogens is 428 g/mol. The maximum Gasteiger partial charge on any atom is 0.236 e. The van der Waals surface area contributed by atoms with E-state index < -0.39 is 0 Å². The van der Waals surface area contributed by atoms with Gasteiger partial charge in [0.1, 0.15) is 5.82 Å². The Labute approximate surface area is 199 Å². The molecule has 0 aliphatic heterocycles. The van der Waals surface area contributed by atoms with Crippen LogP contribution in [-0.2, 0) is 17.8 Å². The zero-order chi connectivity index (χ0) is 23.0. The summed E-state index contributed by atoms with van der Waals surface area (Å²) in [5.41, 5.74) is 3.29. The highest BCUT2D eigenvalue weighted by atomic mass is 32.2.